The van der Waals surface area contributed by atoms with E-state index in [4.69, 9.17) is 5.73 Å². The Hall–Kier alpha value is -1.68. The highest BCUT2D eigenvalue weighted by atomic mass is 16.1. The Morgan fingerprint density at radius 3 is 3.13 bits per heavy atom. The van der Waals surface area contributed by atoms with E-state index in [1.54, 1.807) is 18.3 Å². The largest absolute Gasteiger partial charge is 0.383 e. The summed E-state index contributed by atoms with van der Waals surface area (Å²) in [4.78, 5) is 15.6. The van der Waals surface area contributed by atoms with Gasteiger partial charge in [0, 0.05) is 12.7 Å². The molecule has 0 saturated heterocycles. The second-order valence-corrected chi connectivity index (χ2v) is 3.29. The highest BCUT2D eigenvalue weighted by molar-refractivity contribution is 6.01. The lowest BCUT2D eigenvalue weighted by Crippen LogP contribution is -2.24. The fourth-order valence-electron chi connectivity index (χ4n) is 1.19. The Morgan fingerprint density at radius 1 is 1.73 bits per heavy atom. The van der Waals surface area contributed by atoms with Crippen LogP contribution in [0.25, 0.3) is 0 Å². The quantitative estimate of drug-likeness (QED) is 0.426. The summed E-state index contributed by atoms with van der Waals surface area (Å²) < 4.78 is 0. The Labute approximate surface area is 89.2 Å². The number of rotatable bonds is 5. The van der Waals surface area contributed by atoms with Gasteiger partial charge in [-0.05, 0) is 18.6 Å². The fourth-order valence-corrected chi connectivity index (χ4v) is 1.19. The summed E-state index contributed by atoms with van der Waals surface area (Å²) in [6, 6.07) is 1.75. The summed E-state index contributed by atoms with van der Waals surface area (Å²) in [5.41, 5.74) is 7.02. The third-order valence-electron chi connectivity index (χ3n) is 1.93. The molecule has 0 aliphatic heterocycles. The number of hydrogen-bond acceptors (Lipinski definition) is 4. The number of nitrogens with two attached hydrogens (primary N) is 1. The molecule has 0 atom stereocenters. The van der Waals surface area contributed by atoms with Crippen LogP contribution >= 0.6 is 0 Å². The van der Waals surface area contributed by atoms with Crippen molar-refractivity contribution in [2.24, 2.45) is 0 Å². The van der Waals surface area contributed by atoms with Gasteiger partial charge in [-0.2, -0.15) is 0 Å². The van der Waals surface area contributed by atoms with Gasteiger partial charge in [0.15, 0.2) is 5.78 Å². The smallest absolute Gasteiger partial charge is 0.180 e. The van der Waals surface area contributed by atoms with Gasteiger partial charge in [0.1, 0.15) is 5.82 Å². The number of nitrogens with one attached hydrogen (secondary N) is 1. The summed E-state index contributed by atoms with van der Waals surface area (Å²) in [6.07, 6.45) is 3.34. The van der Waals surface area contributed by atoms with Crippen molar-refractivity contribution in [3.05, 3.63) is 36.0 Å². The van der Waals surface area contributed by atoms with Crippen LogP contribution in [0, 0.1) is 6.92 Å². The van der Waals surface area contributed by atoms with Gasteiger partial charge in [-0.3, -0.25) is 4.79 Å². The summed E-state index contributed by atoms with van der Waals surface area (Å²) in [5, 5.41) is 2.93. The average Bonchev–Trinajstić information content (AvgIpc) is 2.22. The fraction of sp³-hybridized carbons (Fsp3) is 0.273. The molecule has 0 spiro atoms. The van der Waals surface area contributed by atoms with E-state index in [0.29, 0.717) is 12.1 Å². The van der Waals surface area contributed by atoms with Crippen LogP contribution in [0.1, 0.15) is 15.9 Å². The highest BCUT2D eigenvalue weighted by Crippen LogP contribution is 2.10. The van der Waals surface area contributed by atoms with E-state index >= 15 is 0 Å². The Balaban J connectivity index is 2.72. The number of anilines is 1. The molecule has 3 N–H and O–H groups in total. The maximum Gasteiger partial charge on any atom is 0.180 e. The van der Waals surface area contributed by atoms with Crippen molar-refractivity contribution in [2.45, 2.75) is 6.92 Å². The van der Waals surface area contributed by atoms with Crippen molar-refractivity contribution in [2.75, 3.05) is 18.8 Å². The second kappa shape index (κ2) is 5.26. The van der Waals surface area contributed by atoms with Gasteiger partial charge >= 0.3 is 0 Å². The molecule has 0 aliphatic carbocycles. The van der Waals surface area contributed by atoms with Crippen LogP contribution in [0.15, 0.2) is 24.9 Å². The lowest BCUT2D eigenvalue weighted by Gasteiger charge is -2.05. The molecule has 0 aromatic carbocycles. The molecule has 15 heavy (non-hydrogen) atoms. The van der Waals surface area contributed by atoms with E-state index in [9.17, 15) is 4.79 Å². The van der Waals surface area contributed by atoms with Gasteiger partial charge in [-0.25, -0.2) is 4.98 Å². The van der Waals surface area contributed by atoms with Crippen molar-refractivity contribution >= 4 is 11.6 Å². The lowest BCUT2D eigenvalue weighted by atomic mass is 10.1. The first-order chi connectivity index (χ1) is 7.15. The number of nitrogen functional groups attached to an aromatic ring is 1. The predicted octanol–water partition coefficient (Wildman–Crippen LogP) is 0.931. The number of carbonyl (C=O) groups excluding carboxylic acids is 1. The summed E-state index contributed by atoms with van der Waals surface area (Å²) in [6.45, 7) is 6.28. The number of aromatic nitrogens is 1. The summed E-state index contributed by atoms with van der Waals surface area (Å²) in [5.74, 6) is 0.233. The molecule has 0 amide bonds. The molecule has 0 bridgehead atoms. The predicted molar refractivity (Wildman–Crippen MR) is 60.8 cm³/mol. The van der Waals surface area contributed by atoms with Crippen LogP contribution in [-0.4, -0.2) is 23.9 Å². The molecule has 1 rings (SSSR count). The van der Waals surface area contributed by atoms with E-state index in [2.05, 4.69) is 16.9 Å². The first kappa shape index (κ1) is 11.4. The lowest BCUT2D eigenvalue weighted by molar-refractivity contribution is 0.0993. The van der Waals surface area contributed by atoms with Crippen LogP contribution in [0.4, 0.5) is 5.82 Å². The van der Waals surface area contributed by atoms with Gasteiger partial charge in [-0.15, -0.1) is 6.58 Å². The van der Waals surface area contributed by atoms with Crippen LogP contribution < -0.4 is 11.1 Å². The molecule has 0 fully saturated rings. The van der Waals surface area contributed by atoms with Crippen molar-refractivity contribution in [3.8, 4) is 0 Å². The molecule has 0 radical (unpaired) electrons. The third-order valence-corrected chi connectivity index (χ3v) is 1.93. The topological polar surface area (TPSA) is 68.0 Å². The number of Topliss-reactive ketones (excluding diaryl/α,β-unsaturated/α-hetero) is 1. The summed E-state index contributed by atoms with van der Waals surface area (Å²) >= 11 is 0. The molecule has 0 saturated carbocycles. The molecular weight excluding hydrogens is 190 g/mol. The number of pyridine rings is 1. The second-order valence-electron chi connectivity index (χ2n) is 3.29. The Kier molecular flexibility index (Phi) is 4.00. The van der Waals surface area contributed by atoms with Crippen molar-refractivity contribution < 1.29 is 4.79 Å². The van der Waals surface area contributed by atoms with Gasteiger partial charge in [0.25, 0.3) is 0 Å². The van der Waals surface area contributed by atoms with Gasteiger partial charge in [-0.1, -0.05) is 6.08 Å². The molecule has 4 nitrogen and oxygen atoms in total. The van der Waals surface area contributed by atoms with Crippen LogP contribution in [0.3, 0.4) is 0 Å². The van der Waals surface area contributed by atoms with Gasteiger partial charge in [0.05, 0.1) is 12.1 Å². The minimum absolute atomic E-state index is 0.0504. The maximum absolute atomic E-state index is 11.7. The number of carbonyl (C=O) groups is 1. The third kappa shape index (κ3) is 3.18. The molecule has 1 heterocycles. The highest BCUT2D eigenvalue weighted by Gasteiger charge is 2.09. The Bertz CT molecular complexity index is 374. The molecule has 0 unspecified atom stereocenters. The molecule has 80 valence electrons. The van der Waals surface area contributed by atoms with E-state index in [0.717, 1.165) is 5.56 Å². The number of nitrogens with zero attached hydrogens (tertiary/aromatic N) is 1. The average molecular weight is 205 g/mol. The molecule has 0 aliphatic rings. The molecule has 1 aromatic heterocycles. The normalized spacial score (nSPS) is 9.93. The van der Waals surface area contributed by atoms with Crippen LogP contribution in [-0.2, 0) is 0 Å². The van der Waals surface area contributed by atoms with E-state index in [1.165, 1.54) is 0 Å². The van der Waals surface area contributed by atoms with Gasteiger partial charge in [0.2, 0.25) is 0 Å². The van der Waals surface area contributed by atoms with E-state index < -0.39 is 0 Å². The van der Waals surface area contributed by atoms with Crippen LogP contribution in [0.2, 0.25) is 0 Å². The van der Waals surface area contributed by atoms with E-state index in [-0.39, 0.29) is 18.1 Å². The van der Waals surface area contributed by atoms with Crippen molar-refractivity contribution in [1.82, 2.24) is 10.3 Å². The number of aryl methyl sites for hydroxylation is 1. The standard InChI is InChI=1S/C11H15N3O/c1-3-4-13-7-10(15)9-5-8(2)6-14-11(9)12/h3,5-6,13H,1,4,7H2,2H3,(H2,12,14). The monoisotopic (exact) mass is 205 g/mol. The minimum Gasteiger partial charge on any atom is -0.383 e. The first-order valence-corrected chi connectivity index (χ1v) is 4.72. The molecule has 1 aromatic rings. The summed E-state index contributed by atoms with van der Waals surface area (Å²) in [7, 11) is 0. The SMILES string of the molecule is C=CCNCC(=O)c1cc(C)cnc1N. The first-order valence-electron chi connectivity index (χ1n) is 4.72. The minimum atomic E-state index is -0.0504. The zero-order valence-corrected chi connectivity index (χ0v) is 8.79. The number of hydrogen-bond donors (Lipinski definition) is 2. The maximum atomic E-state index is 11.7. The zero-order chi connectivity index (χ0) is 11.3. The number of ketones is 1. The van der Waals surface area contributed by atoms with Gasteiger partial charge < -0.3 is 11.1 Å². The molecule has 4 heteroatoms. The zero-order valence-electron chi connectivity index (χ0n) is 8.79. The molecular formula is C11H15N3O. The Morgan fingerprint density at radius 2 is 2.47 bits per heavy atom. The van der Waals surface area contributed by atoms with Crippen LogP contribution in [0.5, 0.6) is 0 Å². The van der Waals surface area contributed by atoms with Crippen molar-refractivity contribution in [3.63, 3.8) is 0 Å². The van der Waals surface area contributed by atoms with E-state index in [1.807, 2.05) is 6.92 Å². The van der Waals surface area contributed by atoms with Crippen molar-refractivity contribution in [1.29, 1.82) is 0 Å².